The Hall–Kier alpha value is -0.680. The van der Waals surface area contributed by atoms with Crippen LogP contribution in [0.5, 0.6) is 0 Å². The van der Waals surface area contributed by atoms with E-state index < -0.39 is 0 Å². The third-order valence-corrected chi connectivity index (χ3v) is 3.13. The van der Waals surface area contributed by atoms with Crippen molar-refractivity contribution in [1.82, 2.24) is 9.97 Å². The Labute approximate surface area is 111 Å². The number of rotatable bonds is 6. The molecule has 5 heteroatoms. The molecule has 0 aliphatic carbocycles. The molecule has 1 aromatic heterocycles. The van der Waals surface area contributed by atoms with Crippen LogP contribution >= 0.6 is 15.9 Å². The summed E-state index contributed by atoms with van der Waals surface area (Å²) < 4.78 is 6.03. The number of nitrogens with zero attached hydrogens (tertiary/aromatic N) is 2. The Bertz CT molecular complexity index is 369. The van der Waals surface area contributed by atoms with E-state index in [2.05, 4.69) is 52.0 Å². The van der Waals surface area contributed by atoms with Gasteiger partial charge in [0.1, 0.15) is 11.6 Å². The van der Waals surface area contributed by atoms with Gasteiger partial charge in [0.05, 0.1) is 16.8 Å². The van der Waals surface area contributed by atoms with Crippen LogP contribution in [0.3, 0.4) is 0 Å². The molecule has 96 valence electrons. The Morgan fingerprint density at radius 3 is 2.59 bits per heavy atom. The number of ether oxygens (including phenoxy) is 1. The van der Waals surface area contributed by atoms with Gasteiger partial charge in [-0.05, 0) is 28.8 Å². The summed E-state index contributed by atoms with van der Waals surface area (Å²) in [5, 5.41) is 3.25. The summed E-state index contributed by atoms with van der Waals surface area (Å²) in [5.74, 6) is 2.07. The van der Waals surface area contributed by atoms with Crippen LogP contribution in [0.25, 0.3) is 0 Å². The smallest absolute Gasteiger partial charge is 0.144 e. The molecule has 0 aliphatic rings. The van der Waals surface area contributed by atoms with E-state index >= 15 is 0 Å². The maximum absolute atomic E-state index is 5.06. The van der Waals surface area contributed by atoms with Crippen LogP contribution in [-0.4, -0.2) is 30.2 Å². The largest absolute Gasteiger partial charge is 0.384 e. The monoisotopic (exact) mass is 301 g/mol. The van der Waals surface area contributed by atoms with Crippen LogP contribution in [0, 0.1) is 0 Å². The van der Waals surface area contributed by atoms with Crippen molar-refractivity contribution in [3.8, 4) is 0 Å². The summed E-state index contributed by atoms with van der Waals surface area (Å²) >= 11 is 3.57. The van der Waals surface area contributed by atoms with E-state index in [1.165, 1.54) is 0 Å². The highest BCUT2D eigenvalue weighted by Crippen LogP contribution is 2.28. The number of methoxy groups -OCH3 is 1. The van der Waals surface area contributed by atoms with Gasteiger partial charge >= 0.3 is 0 Å². The van der Waals surface area contributed by atoms with Crippen molar-refractivity contribution >= 4 is 21.7 Å². The van der Waals surface area contributed by atoms with Crippen molar-refractivity contribution in [1.29, 1.82) is 0 Å². The van der Waals surface area contributed by atoms with Gasteiger partial charge in [-0.3, -0.25) is 0 Å². The summed E-state index contributed by atoms with van der Waals surface area (Å²) in [6, 6.07) is 0. The quantitative estimate of drug-likeness (QED) is 0.877. The van der Waals surface area contributed by atoms with Gasteiger partial charge < -0.3 is 10.1 Å². The van der Waals surface area contributed by atoms with E-state index in [-0.39, 0.29) is 0 Å². The van der Waals surface area contributed by atoms with E-state index in [4.69, 9.17) is 4.74 Å². The maximum Gasteiger partial charge on any atom is 0.144 e. The fraction of sp³-hybridized carbons (Fsp3) is 0.667. The lowest BCUT2D eigenvalue weighted by Crippen LogP contribution is -2.10. The fourth-order valence-corrected chi connectivity index (χ4v) is 2.26. The lowest BCUT2D eigenvalue weighted by atomic mass is 10.1. The second kappa shape index (κ2) is 6.91. The number of halogens is 1. The molecule has 0 radical (unpaired) electrons. The van der Waals surface area contributed by atoms with Crippen molar-refractivity contribution in [3.63, 3.8) is 0 Å². The first-order chi connectivity index (χ1) is 8.10. The molecule has 0 aromatic carbocycles. The zero-order chi connectivity index (χ0) is 12.8. The Morgan fingerprint density at radius 1 is 1.35 bits per heavy atom. The van der Waals surface area contributed by atoms with E-state index in [1.807, 2.05) is 0 Å². The van der Waals surface area contributed by atoms with Crippen molar-refractivity contribution in [3.05, 3.63) is 16.0 Å². The van der Waals surface area contributed by atoms with E-state index in [1.54, 1.807) is 7.11 Å². The lowest BCUT2D eigenvalue weighted by Gasteiger charge is -2.14. The Balaban J connectivity index is 3.07. The van der Waals surface area contributed by atoms with E-state index in [0.717, 1.165) is 34.8 Å². The van der Waals surface area contributed by atoms with Crippen molar-refractivity contribution in [2.75, 3.05) is 25.6 Å². The minimum atomic E-state index is 0.367. The third kappa shape index (κ3) is 3.92. The Morgan fingerprint density at radius 2 is 2.06 bits per heavy atom. The van der Waals surface area contributed by atoms with Gasteiger partial charge in [0.25, 0.3) is 0 Å². The number of anilines is 1. The van der Waals surface area contributed by atoms with Gasteiger partial charge in [-0.15, -0.1) is 0 Å². The minimum absolute atomic E-state index is 0.367. The van der Waals surface area contributed by atoms with Gasteiger partial charge in [-0.25, -0.2) is 9.97 Å². The molecule has 0 fully saturated rings. The zero-order valence-electron chi connectivity index (χ0n) is 10.9. The van der Waals surface area contributed by atoms with Crippen LogP contribution in [0.2, 0.25) is 0 Å². The van der Waals surface area contributed by atoms with Gasteiger partial charge in [-0.1, -0.05) is 13.8 Å². The highest BCUT2D eigenvalue weighted by atomic mass is 79.9. The number of hydrogen-bond donors (Lipinski definition) is 1. The maximum atomic E-state index is 5.06. The lowest BCUT2D eigenvalue weighted by molar-refractivity contribution is 0.200. The minimum Gasteiger partial charge on any atom is -0.384 e. The molecule has 0 atom stereocenters. The van der Waals surface area contributed by atoms with Crippen LogP contribution in [0.15, 0.2) is 4.47 Å². The molecule has 0 amide bonds. The van der Waals surface area contributed by atoms with Crippen molar-refractivity contribution in [2.24, 2.45) is 0 Å². The number of nitrogens with one attached hydrogen (secondary N) is 1. The summed E-state index contributed by atoms with van der Waals surface area (Å²) in [6.45, 7) is 7.80. The van der Waals surface area contributed by atoms with Crippen molar-refractivity contribution in [2.45, 2.75) is 33.1 Å². The summed E-state index contributed by atoms with van der Waals surface area (Å²) in [7, 11) is 1.69. The van der Waals surface area contributed by atoms with Crippen LogP contribution in [0.1, 0.15) is 38.2 Å². The standard InChI is InChI=1S/C12H20BrN3O/c1-5-14-12-10(13)11(8(2)3)15-9(16-12)6-7-17-4/h8H,5-7H2,1-4H3,(H,14,15,16). The average molecular weight is 302 g/mol. The first-order valence-corrected chi connectivity index (χ1v) is 6.68. The molecule has 0 bridgehead atoms. The second-order valence-electron chi connectivity index (χ2n) is 4.12. The second-order valence-corrected chi connectivity index (χ2v) is 4.91. The molecule has 1 rings (SSSR count). The molecule has 1 N–H and O–H groups in total. The van der Waals surface area contributed by atoms with Gasteiger partial charge in [-0.2, -0.15) is 0 Å². The summed E-state index contributed by atoms with van der Waals surface area (Å²) in [4.78, 5) is 9.07. The molecule has 1 aromatic rings. The average Bonchev–Trinajstić information content (AvgIpc) is 2.29. The number of hydrogen-bond acceptors (Lipinski definition) is 4. The SMILES string of the molecule is CCNc1nc(CCOC)nc(C(C)C)c1Br. The predicted molar refractivity (Wildman–Crippen MR) is 73.6 cm³/mol. The third-order valence-electron chi connectivity index (χ3n) is 2.34. The first kappa shape index (κ1) is 14.4. The predicted octanol–water partition coefficient (Wildman–Crippen LogP) is 2.98. The van der Waals surface area contributed by atoms with E-state index in [0.29, 0.717) is 12.5 Å². The highest BCUT2D eigenvalue weighted by Gasteiger charge is 2.14. The molecule has 0 unspecified atom stereocenters. The molecule has 0 saturated carbocycles. The van der Waals surface area contributed by atoms with E-state index in [9.17, 15) is 0 Å². The molecular weight excluding hydrogens is 282 g/mol. The molecule has 1 heterocycles. The first-order valence-electron chi connectivity index (χ1n) is 5.89. The molecule has 4 nitrogen and oxygen atoms in total. The summed E-state index contributed by atoms with van der Waals surface area (Å²) in [5.41, 5.74) is 1.04. The summed E-state index contributed by atoms with van der Waals surface area (Å²) in [6.07, 6.45) is 0.738. The normalized spacial score (nSPS) is 10.9. The Kier molecular flexibility index (Phi) is 5.85. The topological polar surface area (TPSA) is 47.0 Å². The highest BCUT2D eigenvalue weighted by molar-refractivity contribution is 9.10. The molecular formula is C12H20BrN3O. The van der Waals surface area contributed by atoms with Gasteiger partial charge in [0.2, 0.25) is 0 Å². The molecule has 0 saturated heterocycles. The fourth-order valence-electron chi connectivity index (χ4n) is 1.48. The molecule has 0 aliphatic heterocycles. The zero-order valence-corrected chi connectivity index (χ0v) is 12.5. The number of aromatic nitrogens is 2. The van der Waals surface area contributed by atoms with Crippen LogP contribution in [-0.2, 0) is 11.2 Å². The van der Waals surface area contributed by atoms with Crippen LogP contribution < -0.4 is 5.32 Å². The van der Waals surface area contributed by atoms with Crippen molar-refractivity contribution < 1.29 is 4.74 Å². The van der Waals surface area contributed by atoms with Crippen LogP contribution in [0.4, 0.5) is 5.82 Å². The molecule has 0 spiro atoms. The van der Waals surface area contributed by atoms with Gasteiger partial charge in [0, 0.05) is 20.1 Å². The van der Waals surface area contributed by atoms with Gasteiger partial charge in [0.15, 0.2) is 0 Å². The molecule has 17 heavy (non-hydrogen) atoms.